The van der Waals surface area contributed by atoms with E-state index in [4.69, 9.17) is 4.74 Å². The smallest absolute Gasteiger partial charge is 0.237 e. The number of carbonyl (C=O) groups excluding carboxylic acids is 1. The fourth-order valence-electron chi connectivity index (χ4n) is 4.32. The van der Waals surface area contributed by atoms with Crippen molar-refractivity contribution in [1.82, 2.24) is 15.5 Å². The number of hydrogen-bond donors (Lipinski definition) is 2. The van der Waals surface area contributed by atoms with E-state index in [0.29, 0.717) is 13.2 Å². The van der Waals surface area contributed by atoms with Crippen LogP contribution in [0.1, 0.15) is 17.5 Å². The number of ether oxygens (including phenoxy) is 1. The summed E-state index contributed by atoms with van der Waals surface area (Å²) in [4.78, 5) is 15.1. The summed E-state index contributed by atoms with van der Waals surface area (Å²) >= 11 is 0. The van der Waals surface area contributed by atoms with Crippen LogP contribution in [-0.2, 0) is 22.6 Å². The molecule has 1 aliphatic heterocycles. The highest BCUT2D eigenvalue weighted by molar-refractivity contribution is 5.83. The second-order valence-corrected chi connectivity index (χ2v) is 8.21. The normalized spacial score (nSPS) is 19.0. The zero-order valence-corrected chi connectivity index (χ0v) is 18.1. The van der Waals surface area contributed by atoms with Crippen molar-refractivity contribution in [2.75, 3.05) is 26.8 Å². The Bertz CT molecular complexity index is 992. The SMILES string of the molecule is COCCNC(=O)[C@@H]1C[C@@H](NCc2ccc3ccccc3c2)CN1Cc1ccccc1. The lowest BCUT2D eigenvalue weighted by Gasteiger charge is -2.23. The van der Waals surface area contributed by atoms with Crippen molar-refractivity contribution in [1.29, 1.82) is 0 Å². The number of nitrogens with zero attached hydrogens (tertiary/aromatic N) is 1. The molecule has 3 aromatic carbocycles. The maximum Gasteiger partial charge on any atom is 0.237 e. The number of carbonyl (C=O) groups is 1. The molecule has 4 rings (SSSR count). The molecule has 1 heterocycles. The summed E-state index contributed by atoms with van der Waals surface area (Å²) in [5.41, 5.74) is 2.49. The average molecular weight is 418 g/mol. The number of rotatable bonds is 9. The standard InChI is InChI=1S/C26H31N3O2/c1-31-14-13-27-26(30)25-16-24(19-29(25)18-20-7-3-2-4-8-20)28-17-21-11-12-22-9-5-6-10-23(22)15-21/h2-12,15,24-25,28H,13-14,16-19H2,1H3,(H,27,30)/t24-,25+/m1/s1. The molecule has 3 aromatic rings. The number of fused-ring (bicyclic) bond motifs is 1. The van der Waals surface area contributed by atoms with E-state index in [1.165, 1.54) is 21.9 Å². The molecule has 162 valence electrons. The minimum Gasteiger partial charge on any atom is -0.383 e. The fraction of sp³-hybridized carbons (Fsp3) is 0.346. The Morgan fingerprint density at radius 1 is 1.00 bits per heavy atom. The van der Waals surface area contributed by atoms with Crippen LogP contribution in [0.2, 0.25) is 0 Å². The molecule has 0 aliphatic carbocycles. The first-order valence-electron chi connectivity index (χ1n) is 11.0. The molecule has 0 unspecified atom stereocenters. The summed E-state index contributed by atoms with van der Waals surface area (Å²) in [6.45, 7) is 3.50. The van der Waals surface area contributed by atoms with Gasteiger partial charge in [-0.25, -0.2) is 0 Å². The van der Waals surface area contributed by atoms with Crippen molar-refractivity contribution in [2.24, 2.45) is 0 Å². The molecule has 0 aromatic heterocycles. The highest BCUT2D eigenvalue weighted by atomic mass is 16.5. The Kier molecular flexibility index (Phi) is 7.30. The van der Waals surface area contributed by atoms with Gasteiger partial charge in [0.15, 0.2) is 0 Å². The third-order valence-electron chi connectivity index (χ3n) is 5.95. The quantitative estimate of drug-likeness (QED) is 0.525. The molecule has 5 heteroatoms. The molecule has 1 aliphatic rings. The monoisotopic (exact) mass is 417 g/mol. The van der Waals surface area contributed by atoms with E-state index in [1.807, 2.05) is 6.07 Å². The number of hydrogen-bond acceptors (Lipinski definition) is 4. The van der Waals surface area contributed by atoms with Crippen LogP contribution < -0.4 is 10.6 Å². The fourth-order valence-corrected chi connectivity index (χ4v) is 4.32. The van der Waals surface area contributed by atoms with Gasteiger partial charge in [0.05, 0.1) is 12.6 Å². The van der Waals surface area contributed by atoms with Crippen LogP contribution in [0.25, 0.3) is 10.8 Å². The van der Waals surface area contributed by atoms with E-state index in [2.05, 4.69) is 82.3 Å². The Hall–Kier alpha value is -2.73. The van der Waals surface area contributed by atoms with E-state index in [-0.39, 0.29) is 18.0 Å². The summed E-state index contributed by atoms with van der Waals surface area (Å²) in [5, 5.41) is 9.22. The minimum atomic E-state index is -0.133. The van der Waals surface area contributed by atoms with E-state index in [9.17, 15) is 4.79 Å². The van der Waals surface area contributed by atoms with Gasteiger partial charge in [-0.1, -0.05) is 66.7 Å². The van der Waals surface area contributed by atoms with E-state index in [0.717, 1.165) is 26.1 Å². The molecule has 31 heavy (non-hydrogen) atoms. The predicted octanol–water partition coefficient (Wildman–Crippen LogP) is 3.34. The first kappa shape index (κ1) is 21.5. The average Bonchev–Trinajstić information content (AvgIpc) is 3.21. The van der Waals surface area contributed by atoms with Gasteiger partial charge in [-0.2, -0.15) is 0 Å². The number of amides is 1. The van der Waals surface area contributed by atoms with Gasteiger partial charge in [0.2, 0.25) is 5.91 Å². The Morgan fingerprint density at radius 3 is 2.58 bits per heavy atom. The molecule has 1 saturated heterocycles. The Balaban J connectivity index is 1.40. The number of benzene rings is 3. The molecule has 0 saturated carbocycles. The lowest BCUT2D eigenvalue weighted by molar-refractivity contribution is -0.125. The number of nitrogens with one attached hydrogen (secondary N) is 2. The van der Waals surface area contributed by atoms with Crippen molar-refractivity contribution in [3.8, 4) is 0 Å². The summed E-state index contributed by atoms with van der Waals surface area (Å²) in [7, 11) is 1.65. The van der Waals surface area contributed by atoms with Crippen molar-refractivity contribution < 1.29 is 9.53 Å². The van der Waals surface area contributed by atoms with Crippen molar-refractivity contribution in [3.63, 3.8) is 0 Å². The van der Waals surface area contributed by atoms with Crippen LogP contribution in [0.3, 0.4) is 0 Å². The third kappa shape index (κ3) is 5.70. The molecule has 2 N–H and O–H groups in total. The first-order chi connectivity index (χ1) is 15.2. The molecular weight excluding hydrogens is 386 g/mol. The molecule has 0 bridgehead atoms. The van der Waals surface area contributed by atoms with E-state index in [1.54, 1.807) is 7.11 Å². The Morgan fingerprint density at radius 2 is 1.77 bits per heavy atom. The van der Waals surface area contributed by atoms with Crippen molar-refractivity contribution in [2.45, 2.75) is 31.6 Å². The minimum absolute atomic E-state index is 0.0861. The summed E-state index contributed by atoms with van der Waals surface area (Å²) in [6, 6.07) is 25.5. The second-order valence-electron chi connectivity index (χ2n) is 8.21. The second kappa shape index (κ2) is 10.5. The van der Waals surface area contributed by atoms with Gasteiger partial charge in [-0.05, 0) is 34.4 Å². The van der Waals surface area contributed by atoms with Gasteiger partial charge >= 0.3 is 0 Å². The highest BCUT2D eigenvalue weighted by Crippen LogP contribution is 2.22. The van der Waals surface area contributed by atoms with Gasteiger partial charge in [0, 0.05) is 39.3 Å². The Labute approximate surface area is 184 Å². The first-order valence-corrected chi connectivity index (χ1v) is 11.0. The van der Waals surface area contributed by atoms with Crippen LogP contribution in [-0.4, -0.2) is 49.7 Å². The third-order valence-corrected chi connectivity index (χ3v) is 5.95. The topological polar surface area (TPSA) is 53.6 Å². The molecule has 0 radical (unpaired) electrons. The van der Waals surface area contributed by atoms with Crippen LogP contribution in [0, 0.1) is 0 Å². The van der Waals surface area contributed by atoms with Gasteiger partial charge in [-0.3, -0.25) is 9.69 Å². The van der Waals surface area contributed by atoms with Crippen LogP contribution in [0.15, 0.2) is 72.8 Å². The van der Waals surface area contributed by atoms with Gasteiger partial charge in [0.1, 0.15) is 0 Å². The lowest BCUT2D eigenvalue weighted by atomic mass is 10.1. The largest absolute Gasteiger partial charge is 0.383 e. The molecular formula is C26H31N3O2. The zero-order chi connectivity index (χ0) is 21.5. The number of likely N-dealkylation sites (tertiary alicyclic amines) is 1. The number of methoxy groups -OCH3 is 1. The summed E-state index contributed by atoms with van der Waals surface area (Å²) in [6.07, 6.45) is 0.805. The van der Waals surface area contributed by atoms with Crippen LogP contribution >= 0.6 is 0 Å². The zero-order valence-electron chi connectivity index (χ0n) is 18.1. The van der Waals surface area contributed by atoms with Crippen LogP contribution in [0.4, 0.5) is 0 Å². The van der Waals surface area contributed by atoms with Crippen molar-refractivity contribution in [3.05, 3.63) is 83.9 Å². The molecule has 1 amide bonds. The summed E-state index contributed by atoms with van der Waals surface area (Å²) in [5.74, 6) is 0.0861. The van der Waals surface area contributed by atoms with Gasteiger partial charge < -0.3 is 15.4 Å². The highest BCUT2D eigenvalue weighted by Gasteiger charge is 2.36. The van der Waals surface area contributed by atoms with E-state index >= 15 is 0 Å². The van der Waals surface area contributed by atoms with E-state index < -0.39 is 0 Å². The molecule has 0 spiro atoms. The van der Waals surface area contributed by atoms with Gasteiger partial charge in [0.25, 0.3) is 0 Å². The molecule has 1 fully saturated rings. The molecule has 2 atom stereocenters. The molecule has 5 nitrogen and oxygen atoms in total. The predicted molar refractivity (Wildman–Crippen MR) is 125 cm³/mol. The summed E-state index contributed by atoms with van der Waals surface area (Å²) < 4.78 is 5.08. The maximum atomic E-state index is 12.9. The lowest BCUT2D eigenvalue weighted by Crippen LogP contribution is -2.43. The van der Waals surface area contributed by atoms with Gasteiger partial charge in [-0.15, -0.1) is 0 Å². The van der Waals surface area contributed by atoms with Crippen molar-refractivity contribution >= 4 is 16.7 Å². The maximum absolute atomic E-state index is 12.9. The van der Waals surface area contributed by atoms with Crippen LogP contribution in [0.5, 0.6) is 0 Å².